The number of carbonyl (C=O) groups excluding carboxylic acids is 1. The molecule has 0 radical (unpaired) electrons. The average molecular weight is 127 g/mol. The monoisotopic (exact) mass is 127 g/mol. The fourth-order valence-electron chi connectivity index (χ4n) is 0.481. The van der Waals surface area contributed by atoms with Crippen molar-refractivity contribution in [3.05, 3.63) is 16.3 Å². The Balaban J connectivity index is 2.84. The van der Waals surface area contributed by atoms with E-state index in [1.54, 1.807) is 0 Å². The second-order valence-electron chi connectivity index (χ2n) is 1.50. The van der Waals surface area contributed by atoms with Crippen molar-refractivity contribution in [3.63, 3.8) is 0 Å². The quantitative estimate of drug-likeness (QED) is 0.492. The van der Waals surface area contributed by atoms with Crippen LogP contribution in [0, 0.1) is 0 Å². The normalized spacial score (nSPS) is 9.33. The predicted octanol–water partition coefficient (Wildman–Crippen LogP) is -1.16. The number of aldehydes is 1. The van der Waals surface area contributed by atoms with Crippen LogP contribution in [0.25, 0.3) is 0 Å². The van der Waals surface area contributed by atoms with E-state index in [1.165, 1.54) is 0 Å². The van der Waals surface area contributed by atoms with Crippen LogP contribution in [0.3, 0.4) is 0 Å². The third-order valence-electron chi connectivity index (χ3n) is 0.827. The summed E-state index contributed by atoms with van der Waals surface area (Å²) >= 11 is 0. The zero-order valence-electron chi connectivity index (χ0n) is 4.55. The number of rotatable bonds is 2. The molecule has 1 rings (SSSR count). The van der Waals surface area contributed by atoms with Crippen LogP contribution in [-0.4, -0.2) is 21.5 Å². The summed E-state index contributed by atoms with van der Waals surface area (Å²) < 4.78 is 0. The molecular formula is C4H5N3O2. The van der Waals surface area contributed by atoms with Crippen LogP contribution in [0.4, 0.5) is 0 Å². The van der Waals surface area contributed by atoms with E-state index in [0.29, 0.717) is 12.1 Å². The summed E-state index contributed by atoms with van der Waals surface area (Å²) in [6, 6.07) is 0. The highest BCUT2D eigenvalue weighted by Gasteiger charge is 1.93. The molecule has 0 saturated heterocycles. The van der Waals surface area contributed by atoms with E-state index in [9.17, 15) is 9.59 Å². The van der Waals surface area contributed by atoms with E-state index in [1.807, 2.05) is 0 Å². The molecule has 1 heterocycles. The number of hydrogen-bond acceptors (Lipinski definition) is 3. The van der Waals surface area contributed by atoms with Gasteiger partial charge in [0.25, 0.3) is 0 Å². The molecule has 1 aromatic rings. The lowest BCUT2D eigenvalue weighted by Gasteiger charge is -1.76. The smallest absolute Gasteiger partial charge is 0.303 e. The summed E-state index contributed by atoms with van der Waals surface area (Å²) in [4.78, 5) is 22.4. The number of H-pyrrole nitrogens is 2. The van der Waals surface area contributed by atoms with Gasteiger partial charge >= 0.3 is 5.69 Å². The highest BCUT2D eigenvalue weighted by atomic mass is 16.1. The maximum Gasteiger partial charge on any atom is 0.340 e. The molecule has 0 unspecified atom stereocenters. The highest BCUT2D eigenvalue weighted by molar-refractivity contribution is 5.52. The molecule has 0 amide bonds. The van der Waals surface area contributed by atoms with Crippen molar-refractivity contribution in [3.8, 4) is 0 Å². The van der Waals surface area contributed by atoms with Crippen LogP contribution in [0.1, 0.15) is 5.82 Å². The van der Waals surface area contributed by atoms with Gasteiger partial charge in [0.1, 0.15) is 12.1 Å². The van der Waals surface area contributed by atoms with Crippen LogP contribution in [0.5, 0.6) is 0 Å². The molecule has 0 aliphatic rings. The zero-order valence-corrected chi connectivity index (χ0v) is 4.55. The third-order valence-corrected chi connectivity index (χ3v) is 0.827. The number of hydrogen-bond donors (Lipinski definition) is 2. The van der Waals surface area contributed by atoms with Crippen molar-refractivity contribution in [2.24, 2.45) is 0 Å². The summed E-state index contributed by atoms with van der Waals surface area (Å²) in [5, 5.41) is 5.61. The molecule has 1 aromatic heterocycles. The molecule has 0 fully saturated rings. The van der Waals surface area contributed by atoms with Crippen molar-refractivity contribution in [1.29, 1.82) is 0 Å². The van der Waals surface area contributed by atoms with Gasteiger partial charge in [-0.3, -0.25) is 4.98 Å². The van der Waals surface area contributed by atoms with Gasteiger partial charge in [-0.25, -0.2) is 9.89 Å². The van der Waals surface area contributed by atoms with Crippen molar-refractivity contribution in [1.82, 2.24) is 15.2 Å². The van der Waals surface area contributed by atoms with E-state index in [4.69, 9.17) is 0 Å². The Kier molecular flexibility index (Phi) is 1.44. The number of nitrogens with zero attached hydrogens (tertiary/aromatic N) is 1. The molecule has 0 aliphatic carbocycles. The summed E-state index contributed by atoms with van der Waals surface area (Å²) in [5.74, 6) is 0.370. The third kappa shape index (κ3) is 1.25. The highest BCUT2D eigenvalue weighted by Crippen LogP contribution is 1.77. The second-order valence-corrected chi connectivity index (χ2v) is 1.50. The molecule has 0 aliphatic heterocycles. The van der Waals surface area contributed by atoms with E-state index in [2.05, 4.69) is 15.2 Å². The Morgan fingerprint density at radius 1 is 1.67 bits per heavy atom. The van der Waals surface area contributed by atoms with Crippen molar-refractivity contribution in [2.45, 2.75) is 6.42 Å². The molecule has 5 nitrogen and oxygen atoms in total. The minimum atomic E-state index is -0.383. The van der Waals surface area contributed by atoms with Crippen LogP contribution in [0.15, 0.2) is 4.79 Å². The van der Waals surface area contributed by atoms with E-state index in [-0.39, 0.29) is 12.1 Å². The Morgan fingerprint density at radius 3 is 2.89 bits per heavy atom. The van der Waals surface area contributed by atoms with Crippen molar-refractivity contribution in [2.75, 3.05) is 0 Å². The first-order valence-electron chi connectivity index (χ1n) is 2.40. The standard InChI is InChI=1S/C4H5N3O2/c8-2-1-3-5-4(9)7-6-3/h2H,1H2,(H2,5,6,7,9). The topological polar surface area (TPSA) is 78.6 Å². The Hall–Kier alpha value is -1.39. The molecule has 0 bridgehead atoms. The molecule has 48 valence electrons. The van der Waals surface area contributed by atoms with E-state index < -0.39 is 0 Å². The van der Waals surface area contributed by atoms with Crippen molar-refractivity contribution >= 4 is 6.29 Å². The molecule has 2 N–H and O–H groups in total. The maximum absolute atomic E-state index is 10.3. The summed E-state index contributed by atoms with van der Waals surface area (Å²) in [7, 11) is 0. The van der Waals surface area contributed by atoms with Gasteiger partial charge in [-0.15, -0.1) is 0 Å². The Morgan fingerprint density at radius 2 is 2.44 bits per heavy atom. The first kappa shape index (κ1) is 5.74. The summed E-state index contributed by atoms with van der Waals surface area (Å²) in [5.41, 5.74) is -0.383. The fourth-order valence-corrected chi connectivity index (χ4v) is 0.481. The summed E-state index contributed by atoms with van der Waals surface area (Å²) in [6.07, 6.45) is 0.824. The molecule has 9 heavy (non-hydrogen) atoms. The van der Waals surface area contributed by atoms with Crippen LogP contribution in [0.2, 0.25) is 0 Å². The van der Waals surface area contributed by atoms with Gasteiger partial charge in [0.15, 0.2) is 0 Å². The Bertz CT molecular complexity index is 248. The van der Waals surface area contributed by atoms with Gasteiger partial charge in [0.2, 0.25) is 0 Å². The molecule has 0 spiro atoms. The lowest BCUT2D eigenvalue weighted by Crippen LogP contribution is -2.01. The van der Waals surface area contributed by atoms with Gasteiger partial charge in [0, 0.05) is 0 Å². The first-order valence-corrected chi connectivity index (χ1v) is 2.40. The molecular weight excluding hydrogens is 122 g/mol. The second kappa shape index (κ2) is 2.25. The fraction of sp³-hybridized carbons (Fsp3) is 0.250. The number of aromatic nitrogens is 3. The zero-order chi connectivity index (χ0) is 6.69. The lowest BCUT2D eigenvalue weighted by molar-refractivity contribution is -0.107. The van der Waals surface area contributed by atoms with Gasteiger partial charge in [0.05, 0.1) is 6.42 Å². The van der Waals surface area contributed by atoms with E-state index >= 15 is 0 Å². The SMILES string of the molecule is O=CCc1n[nH]c(=O)[nH]1. The first-order chi connectivity index (χ1) is 4.33. The molecule has 5 heteroatoms. The Labute approximate surface area is 50.1 Å². The number of nitrogens with one attached hydrogen (secondary N) is 2. The minimum absolute atomic E-state index is 0.152. The van der Waals surface area contributed by atoms with Crippen LogP contribution in [-0.2, 0) is 11.2 Å². The molecule has 0 atom stereocenters. The van der Waals surface area contributed by atoms with Gasteiger partial charge < -0.3 is 4.79 Å². The van der Waals surface area contributed by atoms with Crippen molar-refractivity contribution < 1.29 is 4.79 Å². The number of carbonyl (C=O) groups is 1. The average Bonchev–Trinajstić information content (AvgIpc) is 2.17. The largest absolute Gasteiger partial charge is 0.340 e. The number of aromatic amines is 2. The minimum Gasteiger partial charge on any atom is -0.303 e. The lowest BCUT2D eigenvalue weighted by atomic mass is 10.5. The summed E-state index contributed by atoms with van der Waals surface area (Å²) in [6.45, 7) is 0. The van der Waals surface area contributed by atoms with Crippen LogP contribution >= 0.6 is 0 Å². The maximum atomic E-state index is 10.3. The van der Waals surface area contributed by atoms with E-state index in [0.717, 1.165) is 0 Å². The van der Waals surface area contributed by atoms with Gasteiger partial charge in [-0.2, -0.15) is 5.10 Å². The van der Waals surface area contributed by atoms with Crippen LogP contribution < -0.4 is 5.69 Å². The predicted molar refractivity (Wildman–Crippen MR) is 29.0 cm³/mol. The van der Waals surface area contributed by atoms with Gasteiger partial charge in [-0.05, 0) is 0 Å². The molecule has 0 saturated carbocycles. The molecule has 0 aromatic carbocycles. The van der Waals surface area contributed by atoms with Gasteiger partial charge in [-0.1, -0.05) is 0 Å².